The van der Waals surface area contributed by atoms with Crippen LogP contribution in [0.15, 0.2) is 18.2 Å². The number of nitrogens with one attached hydrogen (secondary N) is 1. The Balaban J connectivity index is 2.46. The highest BCUT2D eigenvalue weighted by molar-refractivity contribution is 5.42. The zero-order valence-corrected chi connectivity index (χ0v) is 11.7. The first kappa shape index (κ1) is 13.5. The lowest BCUT2D eigenvalue weighted by atomic mass is 9.95. The highest BCUT2D eigenvalue weighted by Crippen LogP contribution is 2.30. The zero-order chi connectivity index (χ0) is 13.8. The Morgan fingerprint density at radius 2 is 2.21 bits per heavy atom. The molecule has 102 valence electrons. The number of benzene rings is 1. The van der Waals surface area contributed by atoms with Gasteiger partial charge in [0, 0.05) is 12.1 Å². The van der Waals surface area contributed by atoms with E-state index in [0.29, 0.717) is 5.82 Å². The third kappa shape index (κ3) is 2.90. The Morgan fingerprint density at radius 1 is 1.42 bits per heavy atom. The summed E-state index contributed by atoms with van der Waals surface area (Å²) in [6.45, 7) is 2.79. The minimum atomic E-state index is 0.0218. The highest BCUT2D eigenvalue weighted by Gasteiger charge is 2.22. The molecule has 1 heterocycles. The molecule has 2 aromatic rings. The summed E-state index contributed by atoms with van der Waals surface area (Å²) >= 11 is 0. The van der Waals surface area contributed by atoms with Crippen molar-refractivity contribution in [3.63, 3.8) is 0 Å². The van der Waals surface area contributed by atoms with E-state index in [9.17, 15) is 0 Å². The molecular weight excluding hydrogens is 242 g/mol. The van der Waals surface area contributed by atoms with Gasteiger partial charge in [-0.2, -0.15) is 4.80 Å². The van der Waals surface area contributed by atoms with Gasteiger partial charge in [0.15, 0.2) is 5.82 Å². The summed E-state index contributed by atoms with van der Waals surface area (Å²) in [6, 6.07) is 6.11. The molecular formula is C13H19N5O. The van der Waals surface area contributed by atoms with Gasteiger partial charge in [0.25, 0.3) is 0 Å². The molecule has 2 rings (SSSR count). The normalized spacial score (nSPS) is 12.4. The fraction of sp³-hybridized carbons (Fsp3) is 0.462. The second kappa shape index (κ2) is 5.79. The van der Waals surface area contributed by atoms with E-state index in [2.05, 4.69) is 33.7 Å². The third-order valence-corrected chi connectivity index (χ3v) is 3.00. The van der Waals surface area contributed by atoms with Gasteiger partial charge < -0.3 is 10.1 Å². The molecule has 19 heavy (non-hydrogen) atoms. The van der Waals surface area contributed by atoms with Crippen LogP contribution in [-0.2, 0) is 7.05 Å². The van der Waals surface area contributed by atoms with Crippen LogP contribution in [0.5, 0.6) is 5.75 Å². The van der Waals surface area contributed by atoms with E-state index in [0.717, 1.165) is 17.9 Å². The van der Waals surface area contributed by atoms with Gasteiger partial charge in [-0.05, 0) is 25.3 Å². The maximum Gasteiger partial charge on any atom is 0.183 e. The van der Waals surface area contributed by atoms with Crippen LogP contribution >= 0.6 is 0 Å². The molecule has 0 aliphatic rings. The molecule has 0 bridgehead atoms. The SMILES string of the molecule is CNCC(c1nnn(C)n1)c1cc(C)ccc1OC. The molecule has 6 heteroatoms. The largest absolute Gasteiger partial charge is 0.496 e. The van der Waals surface area contributed by atoms with E-state index < -0.39 is 0 Å². The number of hydrogen-bond donors (Lipinski definition) is 1. The lowest BCUT2D eigenvalue weighted by Crippen LogP contribution is -2.20. The van der Waals surface area contributed by atoms with Gasteiger partial charge in [0.1, 0.15) is 5.75 Å². The first-order chi connectivity index (χ1) is 9.15. The molecule has 1 aromatic heterocycles. The molecule has 0 saturated heterocycles. The van der Waals surface area contributed by atoms with Crippen LogP contribution < -0.4 is 10.1 Å². The Kier molecular flexibility index (Phi) is 4.11. The standard InChI is InChI=1S/C13H19N5O/c1-9-5-6-12(19-4)10(7-9)11(8-14-2)13-15-17-18(3)16-13/h5-7,11,14H,8H2,1-4H3. The molecule has 6 nitrogen and oxygen atoms in total. The third-order valence-electron chi connectivity index (χ3n) is 3.00. The van der Waals surface area contributed by atoms with Crippen molar-refractivity contribution < 1.29 is 4.74 Å². The van der Waals surface area contributed by atoms with Crippen molar-refractivity contribution in [2.75, 3.05) is 20.7 Å². The summed E-state index contributed by atoms with van der Waals surface area (Å²) in [5.74, 6) is 1.56. The van der Waals surface area contributed by atoms with Gasteiger partial charge in [0.2, 0.25) is 0 Å². The molecule has 1 aromatic carbocycles. The maximum atomic E-state index is 5.45. The number of aromatic nitrogens is 4. The quantitative estimate of drug-likeness (QED) is 0.865. The monoisotopic (exact) mass is 261 g/mol. The molecule has 1 atom stereocenters. The first-order valence-corrected chi connectivity index (χ1v) is 6.18. The Hall–Kier alpha value is -1.95. The maximum absolute atomic E-state index is 5.45. The first-order valence-electron chi connectivity index (χ1n) is 6.18. The Bertz CT molecular complexity index is 552. The summed E-state index contributed by atoms with van der Waals surface area (Å²) in [6.07, 6.45) is 0. The number of aryl methyl sites for hydroxylation is 2. The molecule has 1 unspecified atom stereocenters. The molecule has 0 aliphatic heterocycles. The van der Waals surface area contributed by atoms with Gasteiger partial charge in [-0.1, -0.05) is 17.7 Å². The number of likely N-dealkylation sites (N-methyl/N-ethyl adjacent to an activating group) is 1. The van der Waals surface area contributed by atoms with Crippen LogP contribution in [0.3, 0.4) is 0 Å². The van der Waals surface area contributed by atoms with Crippen LogP contribution in [0.1, 0.15) is 22.9 Å². The van der Waals surface area contributed by atoms with Crippen molar-refractivity contribution in [1.29, 1.82) is 0 Å². The van der Waals surface area contributed by atoms with Gasteiger partial charge >= 0.3 is 0 Å². The molecule has 0 amide bonds. The molecule has 1 N–H and O–H groups in total. The Labute approximate surface area is 112 Å². The average Bonchev–Trinajstić information content (AvgIpc) is 2.82. The number of ether oxygens (including phenoxy) is 1. The molecule has 0 aliphatic carbocycles. The minimum Gasteiger partial charge on any atom is -0.496 e. The van der Waals surface area contributed by atoms with Crippen molar-refractivity contribution in [2.45, 2.75) is 12.8 Å². The highest BCUT2D eigenvalue weighted by atomic mass is 16.5. The number of rotatable bonds is 5. The van der Waals surface area contributed by atoms with Crippen molar-refractivity contribution in [1.82, 2.24) is 25.5 Å². The predicted molar refractivity (Wildman–Crippen MR) is 72.3 cm³/mol. The van der Waals surface area contributed by atoms with Gasteiger partial charge in [0.05, 0.1) is 20.1 Å². The molecule has 0 radical (unpaired) electrons. The zero-order valence-electron chi connectivity index (χ0n) is 11.7. The number of tetrazole rings is 1. The van der Waals surface area contributed by atoms with E-state index >= 15 is 0 Å². The lowest BCUT2D eigenvalue weighted by Gasteiger charge is -2.17. The Morgan fingerprint density at radius 3 is 2.79 bits per heavy atom. The predicted octanol–water partition coefficient (Wildman–Crippen LogP) is 0.878. The van der Waals surface area contributed by atoms with E-state index in [-0.39, 0.29) is 5.92 Å². The molecule has 0 spiro atoms. The second-order valence-corrected chi connectivity index (χ2v) is 4.49. The number of nitrogens with zero attached hydrogens (tertiary/aromatic N) is 4. The van der Waals surface area contributed by atoms with Crippen LogP contribution in [0, 0.1) is 6.92 Å². The van der Waals surface area contributed by atoms with Crippen LogP contribution in [-0.4, -0.2) is 40.9 Å². The second-order valence-electron chi connectivity index (χ2n) is 4.49. The van der Waals surface area contributed by atoms with Crippen molar-refractivity contribution in [2.24, 2.45) is 7.05 Å². The topological polar surface area (TPSA) is 64.9 Å². The number of hydrogen-bond acceptors (Lipinski definition) is 5. The number of methoxy groups -OCH3 is 1. The van der Waals surface area contributed by atoms with E-state index in [1.807, 2.05) is 19.2 Å². The molecule has 0 saturated carbocycles. The minimum absolute atomic E-state index is 0.0218. The van der Waals surface area contributed by atoms with E-state index in [4.69, 9.17) is 4.74 Å². The lowest BCUT2D eigenvalue weighted by molar-refractivity contribution is 0.406. The van der Waals surface area contributed by atoms with Crippen molar-refractivity contribution >= 4 is 0 Å². The fourth-order valence-corrected chi connectivity index (χ4v) is 2.11. The van der Waals surface area contributed by atoms with Crippen molar-refractivity contribution in [3.05, 3.63) is 35.2 Å². The smallest absolute Gasteiger partial charge is 0.183 e. The van der Waals surface area contributed by atoms with Gasteiger partial charge in [-0.15, -0.1) is 10.2 Å². The van der Waals surface area contributed by atoms with Crippen molar-refractivity contribution in [3.8, 4) is 5.75 Å². The fourth-order valence-electron chi connectivity index (χ4n) is 2.11. The van der Waals surface area contributed by atoms with Gasteiger partial charge in [-0.3, -0.25) is 0 Å². The van der Waals surface area contributed by atoms with Crippen LogP contribution in [0.2, 0.25) is 0 Å². The van der Waals surface area contributed by atoms with Gasteiger partial charge in [-0.25, -0.2) is 0 Å². The van der Waals surface area contributed by atoms with E-state index in [1.54, 1.807) is 14.2 Å². The van der Waals surface area contributed by atoms with Crippen LogP contribution in [0.25, 0.3) is 0 Å². The van der Waals surface area contributed by atoms with Crippen LogP contribution in [0.4, 0.5) is 0 Å². The summed E-state index contributed by atoms with van der Waals surface area (Å²) < 4.78 is 5.45. The van der Waals surface area contributed by atoms with E-state index in [1.165, 1.54) is 10.4 Å². The summed E-state index contributed by atoms with van der Waals surface area (Å²) in [5, 5.41) is 15.5. The summed E-state index contributed by atoms with van der Waals surface area (Å²) in [7, 11) is 5.35. The average molecular weight is 261 g/mol. The molecule has 0 fully saturated rings. The summed E-state index contributed by atoms with van der Waals surface area (Å²) in [5.41, 5.74) is 2.26. The summed E-state index contributed by atoms with van der Waals surface area (Å²) in [4.78, 5) is 1.47.